The lowest BCUT2D eigenvalue weighted by molar-refractivity contribution is 0.387. The van der Waals surface area contributed by atoms with Gasteiger partial charge in [-0.1, -0.05) is 23.2 Å². The lowest BCUT2D eigenvalue weighted by Crippen LogP contribution is -2.46. The Morgan fingerprint density at radius 2 is 2.00 bits per heavy atom. The van der Waals surface area contributed by atoms with Gasteiger partial charge in [0.25, 0.3) is 0 Å². The van der Waals surface area contributed by atoms with Crippen molar-refractivity contribution in [2.75, 3.05) is 18.8 Å². The molecule has 1 heterocycles. The van der Waals surface area contributed by atoms with Gasteiger partial charge < -0.3 is 5.73 Å². The molecule has 1 aliphatic rings. The van der Waals surface area contributed by atoms with Gasteiger partial charge in [-0.3, -0.25) is 0 Å². The Morgan fingerprint density at radius 1 is 1.33 bits per heavy atom. The second kappa shape index (κ2) is 6.26. The van der Waals surface area contributed by atoms with Crippen molar-refractivity contribution < 1.29 is 8.42 Å². The Morgan fingerprint density at radius 3 is 2.57 bits per heavy atom. The van der Waals surface area contributed by atoms with Crippen LogP contribution in [0.3, 0.4) is 0 Å². The van der Waals surface area contributed by atoms with Crippen LogP contribution in [0, 0.1) is 0 Å². The molecule has 0 radical (unpaired) electrons. The zero-order valence-electron chi connectivity index (χ0n) is 11.9. The van der Waals surface area contributed by atoms with E-state index in [9.17, 15) is 8.42 Å². The van der Waals surface area contributed by atoms with Gasteiger partial charge in [0.1, 0.15) is 4.90 Å². The van der Waals surface area contributed by atoms with E-state index in [-0.39, 0.29) is 21.2 Å². The van der Waals surface area contributed by atoms with Crippen molar-refractivity contribution in [2.45, 2.75) is 30.0 Å². The molecule has 118 valence electrons. The molecule has 0 aromatic heterocycles. The Balaban J connectivity index is 2.44. The van der Waals surface area contributed by atoms with Gasteiger partial charge >= 0.3 is 0 Å². The molecule has 0 unspecified atom stereocenters. The van der Waals surface area contributed by atoms with Crippen LogP contribution >= 0.6 is 35.0 Å². The number of sulfonamides is 1. The van der Waals surface area contributed by atoms with Crippen LogP contribution in [0.4, 0.5) is 0 Å². The highest BCUT2D eigenvalue weighted by Crippen LogP contribution is 2.35. The number of rotatable bonds is 3. The van der Waals surface area contributed by atoms with Crippen molar-refractivity contribution in [2.24, 2.45) is 5.73 Å². The fraction of sp³-hybridized carbons (Fsp3) is 0.538. The minimum Gasteiger partial charge on any atom is -0.326 e. The molecule has 1 fully saturated rings. The predicted octanol–water partition coefficient (Wildman–Crippen LogP) is 2.97. The van der Waals surface area contributed by atoms with Crippen LogP contribution in [-0.2, 0) is 16.6 Å². The molecule has 0 atom stereocenters. The number of benzene rings is 1. The maximum Gasteiger partial charge on any atom is 0.244 e. The summed E-state index contributed by atoms with van der Waals surface area (Å²) >= 11 is 13.9. The average molecular weight is 369 g/mol. The third-order valence-electron chi connectivity index (χ3n) is 3.33. The zero-order chi connectivity index (χ0) is 15.8. The number of hydrogen-bond acceptors (Lipinski definition) is 4. The zero-order valence-corrected chi connectivity index (χ0v) is 15.0. The summed E-state index contributed by atoms with van der Waals surface area (Å²) in [6, 6.07) is 2.93. The van der Waals surface area contributed by atoms with Crippen molar-refractivity contribution in [3.63, 3.8) is 0 Å². The number of nitrogens with zero attached hydrogens (tertiary/aromatic N) is 1. The van der Waals surface area contributed by atoms with Gasteiger partial charge in [0, 0.05) is 35.2 Å². The molecule has 2 N–H and O–H groups in total. The largest absolute Gasteiger partial charge is 0.326 e. The third kappa shape index (κ3) is 3.68. The second-order valence-electron chi connectivity index (χ2n) is 5.52. The van der Waals surface area contributed by atoms with E-state index in [1.54, 1.807) is 11.8 Å². The summed E-state index contributed by atoms with van der Waals surface area (Å²) < 4.78 is 27.0. The molecule has 8 heteroatoms. The van der Waals surface area contributed by atoms with E-state index in [0.29, 0.717) is 23.7 Å². The second-order valence-corrected chi connectivity index (χ2v) is 10.0. The number of halogens is 2. The summed E-state index contributed by atoms with van der Waals surface area (Å²) in [5, 5.41) is 0.518. The van der Waals surface area contributed by atoms with Gasteiger partial charge in [-0.25, -0.2) is 8.42 Å². The molecule has 0 aliphatic carbocycles. The van der Waals surface area contributed by atoms with E-state index < -0.39 is 10.0 Å². The predicted molar refractivity (Wildman–Crippen MR) is 89.6 cm³/mol. The first kappa shape index (κ1) is 17.4. The number of hydrogen-bond donors (Lipinski definition) is 1. The first-order valence-corrected chi connectivity index (χ1v) is 9.67. The van der Waals surface area contributed by atoms with Crippen molar-refractivity contribution in [1.82, 2.24) is 4.31 Å². The Bertz CT molecular complexity index is 648. The highest BCUT2D eigenvalue weighted by Gasteiger charge is 2.35. The topological polar surface area (TPSA) is 63.4 Å². The van der Waals surface area contributed by atoms with Crippen LogP contribution < -0.4 is 5.73 Å². The van der Waals surface area contributed by atoms with Crippen LogP contribution in [0.5, 0.6) is 0 Å². The highest BCUT2D eigenvalue weighted by atomic mass is 35.5. The summed E-state index contributed by atoms with van der Waals surface area (Å²) in [5.41, 5.74) is 6.17. The van der Waals surface area contributed by atoms with Crippen molar-refractivity contribution >= 4 is 45.0 Å². The molecule has 2 rings (SSSR count). The molecule has 1 aromatic carbocycles. The van der Waals surface area contributed by atoms with E-state index in [1.165, 1.54) is 16.4 Å². The summed E-state index contributed by atoms with van der Waals surface area (Å²) in [5.74, 6) is 0.765. The SMILES string of the molecule is CC1(C)CN(S(=O)(=O)c2cc(CN)c(Cl)cc2Cl)CCS1. The standard InChI is InChI=1S/C13H18Cl2N2O2S2/c1-13(2)8-17(3-4-20-13)21(18,19)12-5-9(7-16)10(14)6-11(12)15/h5-6H,3-4,7-8,16H2,1-2H3. The molecular formula is C13H18Cl2N2O2S2. The summed E-state index contributed by atoms with van der Waals surface area (Å²) in [6.45, 7) is 5.17. The number of thioether (sulfide) groups is 1. The molecule has 21 heavy (non-hydrogen) atoms. The van der Waals surface area contributed by atoms with Crippen LogP contribution in [-0.4, -0.2) is 36.3 Å². The van der Waals surface area contributed by atoms with Crippen LogP contribution in [0.1, 0.15) is 19.4 Å². The minimum absolute atomic E-state index is 0.0803. The van der Waals surface area contributed by atoms with Crippen LogP contribution in [0.2, 0.25) is 10.0 Å². The lowest BCUT2D eigenvalue weighted by atomic mass is 10.2. The number of nitrogens with two attached hydrogens (primary N) is 1. The Labute approximate surface area is 140 Å². The highest BCUT2D eigenvalue weighted by molar-refractivity contribution is 8.00. The monoisotopic (exact) mass is 368 g/mol. The van der Waals surface area contributed by atoms with Crippen LogP contribution in [0.25, 0.3) is 0 Å². The molecule has 4 nitrogen and oxygen atoms in total. The van der Waals surface area contributed by atoms with Gasteiger partial charge in [0.2, 0.25) is 10.0 Å². The van der Waals surface area contributed by atoms with Gasteiger partial charge in [-0.05, 0) is 31.5 Å². The summed E-state index contributed by atoms with van der Waals surface area (Å²) in [7, 11) is -3.64. The lowest BCUT2D eigenvalue weighted by Gasteiger charge is -2.36. The van der Waals surface area contributed by atoms with Crippen molar-refractivity contribution in [3.05, 3.63) is 27.7 Å². The maximum atomic E-state index is 12.8. The molecule has 0 spiro atoms. The molecule has 0 amide bonds. The van der Waals surface area contributed by atoms with E-state index in [4.69, 9.17) is 28.9 Å². The molecule has 1 saturated heterocycles. The Kier molecular flexibility index (Phi) is 5.18. The molecular weight excluding hydrogens is 351 g/mol. The quantitative estimate of drug-likeness (QED) is 0.890. The first-order chi connectivity index (χ1) is 9.67. The molecule has 0 bridgehead atoms. The molecule has 0 saturated carbocycles. The summed E-state index contributed by atoms with van der Waals surface area (Å²) in [4.78, 5) is 0.0803. The van der Waals surface area contributed by atoms with Crippen molar-refractivity contribution in [1.29, 1.82) is 0 Å². The average Bonchev–Trinajstić information content (AvgIpc) is 2.37. The van der Waals surface area contributed by atoms with Crippen molar-refractivity contribution in [3.8, 4) is 0 Å². The smallest absolute Gasteiger partial charge is 0.244 e. The first-order valence-electron chi connectivity index (χ1n) is 6.49. The maximum absolute atomic E-state index is 12.8. The summed E-state index contributed by atoms with van der Waals surface area (Å²) in [6.07, 6.45) is 0. The molecule has 1 aliphatic heterocycles. The van der Waals surface area contributed by atoms with Gasteiger partial charge in [-0.15, -0.1) is 0 Å². The fourth-order valence-corrected chi connectivity index (χ4v) is 6.00. The van der Waals surface area contributed by atoms with Gasteiger partial charge in [0.05, 0.1) is 5.02 Å². The molecule has 1 aromatic rings. The third-order valence-corrected chi connectivity index (χ3v) is 7.29. The van der Waals surface area contributed by atoms with Gasteiger partial charge in [0.15, 0.2) is 0 Å². The van der Waals surface area contributed by atoms with E-state index >= 15 is 0 Å². The van der Waals surface area contributed by atoms with E-state index in [1.807, 2.05) is 13.8 Å². The van der Waals surface area contributed by atoms with Gasteiger partial charge in [-0.2, -0.15) is 16.1 Å². The minimum atomic E-state index is -3.64. The normalized spacial score (nSPS) is 19.7. The van der Waals surface area contributed by atoms with Crippen LogP contribution in [0.15, 0.2) is 17.0 Å². The Hall–Kier alpha value is 0.0200. The fourth-order valence-electron chi connectivity index (χ4n) is 2.24. The van der Waals surface area contributed by atoms with E-state index in [0.717, 1.165) is 5.75 Å². The van der Waals surface area contributed by atoms with E-state index in [2.05, 4.69) is 0 Å².